The van der Waals surface area contributed by atoms with Crippen molar-refractivity contribution in [2.45, 2.75) is 0 Å². The molecule has 2 aliphatic rings. The maximum absolute atomic E-state index is 12.6. The zero-order valence-corrected chi connectivity index (χ0v) is 11.8. The summed E-state index contributed by atoms with van der Waals surface area (Å²) in [6.07, 6.45) is 0.881. The molecule has 1 aromatic heterocycles. The molecule has 0 aliphatic carbocycles. The van der Waals surface area contributed by atoms with Gasteiger partial charge in [0.05, 0.1) is 5.52 Å². The zero-order chi connectivity index (χ0) is 15.3. The summed E-state index contributed by atoms with van der Waals surface area (Å²) < 4.78 is 5.00. The molecule has 2 aromatic rings. The minimum absolute atomic E-state index is 0.0576. The summed E-state index contributed by atoms with van der Waals surface area (Å²) in [4.78, 5) is 40.7. The summed E-state index contributed by atoms with van der Waals surface area (Å²) in [5, 5.41) is 0. The minimum Gasteiger partial charge on any atom is -0.408 e. The molecule has 4 rings (SSSR count). The first-order valence-electron chi connectivity index (χ1n) is 7.25. The maximum atomic E-state index is 12.6. The summed E-state index contributed by atoms with van der Waals surface area (Å²) >= 11 is 0. The lowest BCUT2D eigenvalue weighted by Crippen LogP contribution is -2.32. The van der Waals surface area contributed by atoms with Gasteiger partial charge in [0.25, 0.3) is 5.91 Å². The van der Waals surface area contributed by atoms with Crippen LogP contribution in [-0.4, -0.2) is 53.3 Å². The number of nitrogens with zero attached hydrogens (tertiary/aromatic N) is 2. The van der Waals surface area contributed by atoms with Gasteiger partial charge < -0.3 is 14.2 Å². The van der Waals surface area contributed by atoms with Gasteiger partial charge in [0, 0.05) is 43.6 Å². The summed E-state index contributed by atoms with van der Waals surface area (Å²) in [7, 11) is 0. The van der Waals surface area contributed by atoms with Gasteiger partial charge in [0.15, 0.2) is 5.58 Å². The first kappa shape index (κ1) is 13.1. The van der Waals surface area contributed by atoms with Gasteiger partial charge in [-0.25, -0.2) is 4.79 Å². The fourth-order valence-electron chi connectivity index (χ4n) is 3.54. The summed E-state index contributed by atoms with van der Waals surface area (Å²) in [5.74, 6) is 0.146. The van der Waals surface area contributed by atoms with Crippen molar-refractivity contribution in [1.82, 2.24) is 14.8 Å². The molecule has 7 heteroatoms. The average Bonchev–Trinajstić information content (AvgIpc) is 3.15. The number of likely N-dealkylation sites (tertiary alicyclic amines) is 2. The highest BCUT2D eigenvalue weighted by Gasteiger charge is 2.41. The van der Waals surface area contributed by atoms with Crippen molar-refractivity contribution < 1.29 is 14.0 Å². The van der Waals surface area contributed by atoms with Crippen molar-refractivity contribution in [3.05, 3.63) is 34.3 Å². The number of hydrogen-bond acceptors (Lipinski definition) is 4. The van der Waals surface area contributed by atoms with E-state index in [9.17, 15) is 14.4 Å². The molecule has 2 saturated heterocycles. The molecule has 2 atom stereocenters. The Kier molecular flexibility index (Phi) is 2.82. The van der Waals surface area contributed by atoms with E-state index in [4.69, 9.17) is 4.42 Å². The number of amides is 2. The number of carbonyl (C=O) groups excluding carboxylic acids is 2. The highest BCUT2D eigenvalue weighted by molar-refractivity contribution is 5.97. The van der Waals surface area contributed by atoms with Crippen LogP contribution in [0.4, 0.5) is 0 Å². The van der Waals surface area contributed by atoms with Crippen molar-refractivity contribution in [1.29, 1.82) is 0 Å². The van der Waals surface area contributed by atoms with Gasteiger partial charge in [-0.3, -0.25) is 14.6 Å². The molecule has 0 saturated carbocycles. The second-order valence-corrected chi connectivity index (χ2v) is 6.02. The van der Waals surface area contributed by atoms with E-state index in [-0.39, 0.29) is 5.91 Å². The predicted octanol–water partition coefficient (Wildman–Crippen LogP) is 0.281. The summed E-state index contributed by atoms with van der Waals surface area (Å²) in [5.41, 5.74) is 1.49. The van der Waals surface area contributed by atoms with Crippen LogP contribution >= 0.6 is 0 Å². The number of nitrogens with one attached hydrogen (secondary N) is 1. The van der Waals surface area contributed by atoms with E-state index in [1.807, 2.05) is 4.90 Å². The quantitative estimate of drug-likeness (QED) is 0.807. The highest BCUT2D eigenvalue weighted by atomic mass is 16.4. The number of hydrogen-bond donors (Lipinski definition) is 1. The molecule has 22 heavy (non-hydrogen) atoms. The SMILES string of the molecule is O=CN1C[C@@H]2CN(C(=O)c3ccc4[nH]c(=O)oc4c3)C[C@@H]2C1. The second-order valence-electron chi connectivity index (χ2n) is 6.02. The van der Waals surface area contributed by atoms with Gasteiger partial charge in [0.1, 0.15) is 0 Å². The first-order chi connectivity index (χ1) is 10.6. The lowest BCUT2D eigenvalue weighted by Gasteiger charge is -2.19. The fraction of sp³-hybridized carbons (Fsp3) is 0.400. The van der Waals surface area contributed by atoms with Crippen LogP contribution < -0.4 is 5.76 Å². The van der Waals surface area contributed by atoms with E-state index in [1.54, 1.807) is 23.1 Å². The van der Waals surface area contributed by atoms with E-state index in [0.29, 0.717) is 41.6 Å². The Morgan fingerprint density at radius 3 is 2.64 bits per heavy atom. The van der Waals surface area contributed by atoms with Crippen molar-refractivity contribution in [2.75, 3.05) is 26.2 Å². The van der Waals surface area contributed by atoms with E-state index in [1.165, 1.54) is 0 Å². The molecule has 0 spiro atoms. The Balaban J connectivity index is 1.54. The molecule has 2 amide bonds. The van der Waals surface area contributed by atoms with Crippen molar-refractivity contribution in [3.63, 3.8) is 0 Å². The van der Waals surface area contributed by atoms with Gasteiger partial charge in [-0.15, -0.1) is 0 Å². The Morgan fingerprint density at radius 2 is 1.95 bits per heavy atom. The topological polar surface area (TPSA) is 86.6 Å². The van der Waals surface area contributed by atoms with Crippen molar-refractivity contribution >= 4 is 23.4 Å². The molecule has 7 nitrogen and oxygen atoms in total. The third-order valence-corrected chi connectivity index (χ3v) is 4.62. The molecular weight excluding hydrogens is 286 g/mol. The molecule has 1 N–H and O–H groups in total. The van der Waals surface area contributed by atoms with E-state index < -0.39 is 5.76 Å². The smallest absolute Gasteiger partial charge is 0.408 e. The van der Waals surface area contributed by atoms with Crippen molar-refractivity contribution in [3.8, 4) is 0 Å². The van der Waals surface area contributed by atoms with Gasteiger partial charge in [-0.1, -0.05) is 0 Å². The standard InChI is InChI=1S/C15H15N3O4/c19-8-17-4-10-6-18(7-11(10)5-17)14(20)9-1-2-12-13(3-9)22-15(21)16-12/h1-3,8,10-11H,4-7H2,(H,16,21)/t10-,11+. The minimum atomic E-state index is -0.524. The number of carbonyl (C=O) groups is 2. The Bertz CT molecular complexity index is 794. The maximum Gasteiger partial charge on any atom is 0.417 e. The number of aromatic amines is 1. The van der Waals surface area contributed by atoms with Crippen LogP contribution in [0.15, 0.2) is 27.4 Å². The normalized spacial score (nSPS) is 24.0. The highest BCUT2D eigenvalue weighted by Crippen LogP contribution is 2.31. The number of fused-ring (bicyclic) bond motifs is 2. The number of aromatic nitrogens is 1. The molecule has 114 valence electrons. The van der Waals surface area contributed by atoms with Gasteiger partial charge in [0.2, 0.25) is 6.41 Å². The Morgan fingerprint density at radius 1 is 1.23 bits per heavy atom. The van der Waals surface area contributed by atoms with Gasteiger partial charge in [-0.2, -0.15) is 0 Å². The molecule has 3 heterocycles. The van der Waals surface area contributed by atoms with Crippen molar-refractivity contribution in [2.24, 2.45) is 11.8 Å². The van der Waals surface area contributed by atoms with E-state index in [2.05, 4.69) is 4.98 Å². The zero-order valence-electron chi connectivity index (χ0n) is 11.8. The number of H-pyrrole nitrogens is 1. The van der Waals surface area contributed by atoms with Crippen LogP contribution in [0.25, 0.3) is 11.1 Å². The molecule has 0 unspecified atom stereocenters. The number of rotatable bonds is 2. The van der Waals surface area contributed by atoms with Crippen LogP contribution in [0, 0.1) is 11.8 Å². The predicted molar refractivity (Wildman–Crippen MR) is 77.4 cm³/mol. The summed E-state index contributed by atoms with van der Waals surface area (Å²) in [6, 6.07) is 4.97. The molecule has 2 aliphatic heterocycles. The monoisotopic (exact) mass is 301 g/mol. The van der Waals surface area contributed by atoms with Crippen LogP contribution in [0.5, 0.6) is 0 Å². The number of oxazole rings is 1. The molecule has 2 fully saturated rings. The Labute approximate surface area is 125 Å². The van der Waals surface area contributed by atoms with Crippen LogP contribution in [0.1, 0.15) is 10.4 Å². The second kappa shape index (κ2) is 4.72. The Hall–Kier alpha value is -2.57. The number of benzene rings is 1. The van der Waals surface area contributed by atoms with Crippen LogP contribution in [0.2, 0.25) is 0 Å². The largest absolute Gasteiger partial charge is 0.417 e. The van der Waals surface area contributed by atoms with E-state index >= 15 is 0 Å². The third kappa shape index (κ3) is 2.01. The van der Waals surface area contributed by atoms with Gasteiger partial charge in [-0.05, 0) is 18.2 Å². The van der Waals surface area contributed by atoms with Crippen LogP contribution in [-0.2, 0) is 4.79 Å². The lowest BCUT2D eigenvalue weighted by molar-refractivity contribution is -0.117. The summed E-state index contributed by atoms with van der Waals surface area (Å²) in [6.45, 7) is 2.79. The molecule has 0 radical (unpaired) electrons. The lowest BCUT2D eigenvalue weighted by atomic mass is 10.0. The first-order valence-corrected chi connectivity index (χ1v) is 7.25. The molecule has 0 bridgehead atoms. The molecule has 1 aromatic carbocycles. The average molecular weight is 301 g/mol. The molecular formula is C15H15N3O4. The van der Waals surface area contributed by atoms with E-state index in [0.717, 1.165) is 19.5 Å². The fourth-order valence-corrected chi connectivity index (χ4v) is 3.54. The van der Waals surface area contributed by atoms with Gasteiger partial charge >= 0.3 is 5.76 Å². The van der Waals surface area contributed by atoms with Crippen LogP contribution in [0.3, 0.4) is 0 Å². The third-order valence-electron chi connectivity index (χ3n) is 4.62.